The highest BCUT2D eigenvalue weighted by atomic mass is 35.5. The fraction of sp³-hybridized carbons (Fsp3) is 0.353. The lowest BCUT2D eigenvalue weighted by Gasteiger charge is -2.40. The molecule has 2 heterocycles. The molecule has 1 aliphatic rings. The van der Waals surface area contributed by atoms with Crippen molar-refractivity contribution in [2.45, 2.75) is 12.6 Å². The largest absolute Gasteiger partial charge is 0.303 e. The zero-order valence-corrected chi connectivity index (χ0v) is 13.0. The number of hydrogen-bond acceptors (Lipinski definition) is 3. The van der Waals surface area contributed by atoms with Crippen LogP contribution < -0.4 is 0 Å². The molecule has 1 aliphatic heterocycles. The fourth-order valence-electron chi connectivity index (χ4n) is 2.88. The molecule has 1 aromatic heterocycles. The number of pyridine rings is 1. The monoisotopic (exact) mass is 301 g/mol. The molecular formula is C17H20ClN3. The Morgan fingerprint density at radius 1 is 1.19 bits per heavy atom. The predicted molar refractivity (Wildman–Crippen MR) is 86.3 cm³/mol. The number of hydrogen-bond donors (Lipinski definition) is 0. The van der Waals surface area contributed by atoms with Crippen molar-refractivity contribution < 1.29 is 0 Å². The SMILES string of the molecule is CN1CCN(Cc2cc(Cl)ccn2)C(c2ccccc2)C1. The number of rotatable bonds is 3. The van der Waals surface area contributed by atoms with Gasteiger partial charge in [0, 0.05) is 43.4 Å². The Morgan fingerprint density at radius 3 is 2.76 bits per heavy atom. The van der Waals surface area contributed by atoms with Crippen LogP contribution in [0.4, 0.5) is 0 Å². The highest BCUT2D eigenvalue weighted by molar-refractivity contribution is 6.30. The number of halogens is 1. The van der Waals surface area contributed by atoms with E-state index in [0.717, 1.165) is 36.9 Å². The average molecular weight is 302 g/mol. The van der Waals surface area contributed by atoms with Gasteiger partial charge in [0.25, 0.3) is 0 Å². The van der Waals surface area contributed by atoms with Gasteiger partial charge in [-0.3, -0.25) is 9.88 Å². The van der Waals surface area contributed by atoms with Crippen LogP contribution >= 0.6 is 11.6 Å². The average Bonchev–Trinajstić information content (AvgIpc) is 2.50. The van der Waals surface area contributed by atoms with Crippen LogP contribution in [-0.4, -0.2) is 41.5 Å². The predicted octanol–water partition coefficient (Wildman–Crippen LogP) is 3.22. The van der Waals surface area contributed by atoms with Crippen molar-refractivity contribution in [3.63, 3.8) is 0 Å². The summed E-state index contributed by atoms with van der Waals surface area (Å²) in [5.41, 5.74) is 2.40. The maximum absolute atomic E-state index is 6.07. The van der Waals surface area contributed by atoms with Crippen molar-refractivity contribution in [2.75, 3.05) is 26.7 Å². The van der Waals surface area contributed by atoms with Crippen LogP contribution in [0.25, 0.3) is 0 Å². The normalized spacial score (nSPS) is 20.6. The van der Waals surface area contributed by atoms with Gasteiger partial charge < -0.3 is 4.90 Å². The molecule has 110 valence electrons. The first-order chi connectivity index (χ1) is 10.2. The Balaban J connectivity index is 1.81. The van der Waals surface area contributed by atoms with Gasteiger partial charge in [0.15, 0.2) is 0 Å². The summed E-state index contributed by atoms with van der Waals surface area (Å²) in [4.78, 5) is 9.32. The van der Waals surface area contributed by atoms with Crippen molar-refractivity contribution in [3.05, 3.63) is 64.9 Å². The molecule has 0 amide bonds. The highest BCUT2D eigenvalue weighted by Gasteiger charge is 2.26. The smallest absolute Gasteiger partial charge is 0.0559 e. The quantitative estimate of drug-likeness (QED) is 0.868. The first-order valence-corrected chi connectivity index (χ1v) is 7.68. The molecule has 0 radical (unpaired) electrons. The molecular weight excluding hydrogens is 282 g/mol. The molecule has 3 rings (SSSR count). The van der Waals surface area contributed by atoms with Crippen LogP contribution in [0.2, 0.25) is 5.02 Å². The van der Waals surface area contributed by atoms with E-state index in [1.807, 2.05) is 12.1 Å². The summed E-state index contributed by atoms with van der Waals surface area (Å²) in [7, 11) is 2.19. The molecule has 0 bridgehead atoms. The van der Waals surface area contributed by atoms with Crippen LogP contribution in [0, 0.1) is 0 Å². The van der Waals surface area contributed by atoms with Crippen LogP contribution in [-0.2, 0) is 6.54 Å². The molecule has 21 heavy (non-hydrogen) atoms. The lowest BCUT2D eigenvalue weighted by Crippen LogP contribution is -2.46. The Hall–Kier alpha value is -1.42. The second-order valence-electron chi connectivity index (χ2n) is 5.62. The molecule has 1 saturated heterocycles. The molecule has 0 N–H and O–H groups in total. The second-order valence-corrected chi connectivity index (χ2v) is 6.06. The number of aromatic nitrogens is 1. The van der Waals surface area contributed by atoms with Gasteiger partial charge >= 0.3 is 0 Å². The highest BCUT2D eigenvalue weighted by Crippen LogP contribution is 2.26. The van der Waals surface area contributed by atoms with E-state index in [2.05, 4.69) is 52.2 Å². The minimum atomic E-state index is 0.408. The van der Waals surface area contributed by atoms with Gasteiger partial charge in [0.1, 0.15) is 0 Å². The summed E-state index contributed by atoms with van der Waals surface area (Å²) in [6, 6.07) is 14.9. The van der Waals surface area contributed by atoms with Gasteiger partial charge in [-0.1, -0.05) is 41.9 Å². The standard InChI is InChI=1S/C17H20ClN3/c1-20-9-10-21(12-16-11-15(18)7-8-19-16)17(13-20)14-5-3-2-4-6-14/h2-8,11,17H,9-10,12-13H2,1H3. The minimum Gasteiger partial charge on any atom is -0.303 e. The molecule has 4 heteroatoms. The number of likely N-dealkylation sites (N-methyl/N-ethyl adjacent to an activating group) is 1. The van der Waals surface area contributed by atoms with E-state index in [1.165, 1.54) is 5.56 Å². The van der Waals surface area contributed by atoms with Crippen molar-refractivity contribution in [1.82, 2.24) is 14.8 Å². The molecule has 0 saturated carbocycles. The van der Waals surface area contributed by atoms with Gasteiger partial charge in [-0.2, -0.15) is 0 Å². The van der Waals surface area contributed by atoms with E-state index in [0.29, 0.717) is 6.04 Å². The van der Waals surface area contributed by atoms with Gasteiger partial charge in [-0.25, -0.2) is 0 Å². The Bertz CT molecular complexity index is 588. The minimum absolute atomic E-state index is 0.408. The van der Waals surface area contributed by atoms with E-state index >= 15 is 0 Å². The number of nitrogens with zero attached hydrogens (tertiary/aromatic N) is 3. The lowest BCUT2D eigenvalue weighted by atomic mass is 10.0. The summed E-state index contributed by atoms with van der Waals surface area (Å²) in [6.07, 6.45) is 1.78. The molecule has 0 spiro atoms. The lowest BCUT2D eigenvalue weighted by molar-refractivity contribution is 0.0823. The Labute approximate surface area is 131 Å². The summed E-state index contributed by atoms with van der Waals surface area (Å²) in [5, 5.41) is 0.755. The van der Waals surface area contributed by atoms with E-state index in [4.69, 9.17) is 11.6 Å². The molecule has 1 fully saturated rings. The van der Waals surface area contributed by atoms with Crippen molar-refractivity contribution in [2.24, 2.45) is 0 Å². The fourth-order valence-corrected chi connectivity index (χ4v) is 3.06. The third-order valence-electron chi connectivity index (χ3n) is 4.02. The maximum Gasteiger partial charge on any atom is 0.0559 e. The molecule has 1 atom stereocenters. The van der Waals surface area contributed by atoms with E-state index in [-0.39, 0.29) is 0 Å². The molecule has 3 nitrogen and oxygen atoms in total. The van der Waals surface area contributed by atoms with Crippen molar-refractivity contribution in [1.29, 1.82) is 0 Å². The summed E-state index contributed by atoms with van der Waals surface area (Å²) >= 11 is 6.07. The van der Waals surface area contributed by atoms with Crippen molar-refractivity contribution >= 4 is 11.6 Å². The second kappa shape index (κ2) is 6.56. The number of piperazine rings is 1. The third-order valence-corrected chi connectivity index (χ3v) is 4.26. The first kappa shape index (κ1) is 14.5. The van der Waals surface area contributed by atoms with Crippen LogP contribution in [0.3, 0.4) is 0 Å². The van der Waals surface area contributed by atoms with Gasteiger partial charge in [0.05, 0.1) is 5.69 Å². The number of benzene rings is 1. The van der Waals surface area contributed by atoms with Gasteiger partial charge in [0.2, 0.25) is 0 Å². The van der Waals surface area contributed by atoms with Crippen LogP contribution in [0.5, 0.6) is 0 Å². The Morgan fingerprint density at radius 2 is 2.00 bits per heavy atom. The van der Waals surface area contributed by atoms with E-state index < -0.39 is 0 Å². The zero-order valence-electron chi connectivity index (χ0n) is 12.2. The Kier molecular flexibility index (Phi) is 4.54. The summed E-state index contributed by atoms with van der Waals surface area (Å²) in [6.45, 7) is 4.02. The first-order valence-electron chi connectivity index (χ1n) is 7.30. The topological polar surface area (TPSA) is 19.4 Å². The zero-order chi connectivity index (χ0) is 14.7. The maximum atomic E-state index is 6.07. The van der Waals surface area contributed by atoms with E-state index in [9.17, 15) is 0 Å². The van der Waals surface area contributed by atoms with Gasteiger partial charge in [-0.05, 0) is 24.7 Å². The molecule has 1 unspecified atom stereocenters. The molecule has 0 aliphatic carbocycles. The van der Waals surface area contributed by atoms with Crippen LogP contribution in [0.1, 0.15) is 17.3 Å². The summed E-state index contributed by atoms with van der Waals surface area (Å²) in [5.74, 6) is 0. The van der Waals surface area contributed by atoms with Crippen LogP contribution in [0.15, 0.2) is 48.7 Å². The third kappa shape index (κ3) is 3.62. The molecule has 2 aromatic rings. The van der Waals surface area contributed by atoms with E-state index in [1.54, 1.807) is 6.20 Å². The van der Waals surface area contributed by atoms with Gasteiger partial charge in [-0.15, -0.1) is 0 Å². The van der Waals surface area contributed by atoms with Crippen molar-refractivity contribution in [3.8, 4) is 0 Å². The summed E-state index contributed by atoms with van der Waals surface area (Å²) < 4.78 is 0. The molecule has 1 aromatic carbocycles.